The van der Waals surface area contributed by atoms with E-state index in [2.05, 4.69) is 9.97 Å². The third-order valence-corrected chi connectivity index (χ3v) is 6.05. The zero-order valence-corrected chi connectivity index (χ0v) is 13.1. The summed E-state index contributed by atoms with van der Waals surface area (Å²) in [6.45, 7) is 2.40. The molecule has 2 aromatic rings. The molecule has 8 heteroatoms. The molecule has 22 heavy (non-hydrogen) atoms. The molecule has 2 heterocycles. The molecule has 1 fully saturated rings. The summed E-state index contributed by atoms with van der Waals surface area (Å²) in [7, 11) is -1.65. The van der Waals surface area contributed by atoms with Crippen LogP contribution in [0.4, 0.5) is 10.2 Å². The van der Waals surface area contributed by atoms with Gasteiger partial charge in [-0.3, -0.25) is 0 Å². The van der Waals surface area contributed by atoms with Crippen molar-refractivity contribution in [3.05, 3.63) is 24.3 Å². The van der Waals surface area contributed by atoms with Crippen molar-refractivity contribution in [1.82, 2.24) is 9.97 Å². The molecule has 1 unspecified atom stereocenters. The molecule has 0 saturated carbocycles. The van der Waals surface area contributed by atoms with Crippen LogP contribution in [0.5, 0.6) is 5.75 Å². The number of sulfone groups is 1. The monoisotopic (exact) mass is 325 g/mol. The van der Waals surface area contributed by atoms with Crippen molar-refractivity contribution in [3.63, 3.8) is 0 Å². The fourth-order valence-electron chi connectivity index (χ4n) is 2.60. The number of anilines is 1. The molecule has 1 saturated heterocycles. The van der Waals surface area contributed by atoms with Crippen LogP contribution in [0.1, 0.15) is 6.92 Å². The second-order valence-electron chi connectivity index (χ2n) is 5.32. The van der Waals surface area contributed by atoms with Gasteiger partial charge in [-0.2, -0.15) is 0 Å². The zero-order chi connectivity index (χ0) is 15.9. The van der Waals surface area contributed by atoms with Crippen LogP contribution in [0, 0.1) is 5.82 Å². The van der Waals surface area contributed by atoms with E-state index >= 15 is 0 Å². The zero-order valence-electron chi connectivity index (χ0n) is 12.3. The van der Waals surface area contributed by atoms with Crippen molar-refractivity contribution in [2.45, 2.75) is 12.2 Å². The van der Waals surface area contributed by atoms with E-state index in [9.17, 15) is 12.8 Å². The van der Waals surface area contributed by atoms with Gasteiger partial charge >= 0.3 is 0 Å². The molecular weight excluding hydrogens is 309 g/mol. The lowest BCUT2D eigenvalue weighted by atomic mass is 10.2. The Labute approximate surface area is 127 Å². The summed E-state index contributed by atoms with van der Waals surface area (Å²) < 4.78 is 42.5. The first-order valence-corrected chi connectivity index (χ1v) is 8.58. The largest absolute Gasteiger partial charge is 0.494 e. The molecule has 118 valence electrons. The third-order valence-electron chi connectivity index (χ3n) is 3.92. The van der Waals surface area contributed by atoms with Crippen LogP contribution in [-0.4, -0.2) is 49.6 Å². The Balaban J connectivity index is 2.08. The van der Waals surface area contributed by atoms with Gasteiger partial charge in [0, 0.05) is 24.5 Å². The van der Waals surface area contributed by atoms with Gasteiger partial charge in [-0.15, -0.1) is 0 Å². The minimum absolute atomic E-state index is 0.0813. The van der Waals surface area contributed by atoms with Gasteiger partial charge < -0.3 is 9.64 Å². The number of hydrogen-bond donors (Lipinski definition) is 0. The van der Waals surface area contributed by atoms with E-state index in [0.29, 0.717) is 29.8 Å². The number of aromatic nitrogens is 2. The van der Waals surface area contributed by atoms with Crippen molar-refractivity contribution in [2.24, 2.45) is 0 Å². The fourth-order valence-corrected chi connectivity index (χ4v) is 3.88. The molecule has 0 amide bonds. The highest BCUT2D eigenvalue weighted by Crippen LogP contribution is 2.30. The maximum Gasteiger partial charge on any atom is 0.167 e. The van der Waals surface area contributed by atoms with Crippen LogP contribution < -0.4 is 9.64 Å². The SMILES string of the molecule is COc1cc2c(N3CCS(=O)(=O)C(C)C3)ncnc2cc1F. The van der Waals surface area contributed by atoms with Gasteiger partial charge in [0.15, 0.2) is 21.4 Å². The molecule has 1 aliphatic rings. The number of halogens is 1. The topological polar surface area (TPSA) is 72.4 Å². The summed E-state index contributed by atoms with van der Waals surface area (Å²) in [5, 5.41) is 0.181. The summed E-state index contributed by atoms with van der Waals surface area (Å²) in [5.41, 5.74) is 0.462. The van der Waals surface area contributed by atoms with Gasteiger partial charge in [-0.25, -0.2) is 22.8 Å². The molecule has 0 spiro atoms. The first-order chi connectivity index (χ1) is 10.4. The van der Waals surface area contributed by atoms with Crippen LogP contribution >= 0.6 is 0 Å². The first kappa shape index (κ1) is 15.0. The van der Waals surface area contributed by atoms with Gasteiger partial charge in [-0.1, -0.05) is 0 Å². The molecule has 1 aromatic carbocycles. The molecule has 1 aromatic heterocycles. The van der Waals surface area contributed by atoms with Crippen LogP contribution in [0.15, 0.2) is 18.5 Å². The van der Waals surface area contributed by atoms with Gasteiger partial charge in [0.05, 0.1) is 23.6 Å². The predicted octanol–water partition coefficient (Wildman–Crippen LogP) is 1.40. The molecule has 0 bridgehead atoms. The molecular formula is C14H16FN3O3S. The normalized spacial score (nSPS) is 21.0. The summed E-state index contributed by atoms with van der Waals surface area (Å²) in [6, 6.07) is 2.84. The smallest absolute Gasteiger partial charge is 0.167 e. The summed E-state index contributed by atoms with van der Waals surface area (Å²) in [6.07, 6.45) is 1.36. The Morgan fingerprint density at radius 1 is 1.36 bits per heavy atom. The van der Waals surface area contributed by atoms with Crippen molar-refractivity contribution in [1.29, 1.82) is 0 Å². The Kier molecular flexibility index (Phi) is 3.64. The standard InChI is InChI=1S/C14H16FN3O3S/c1-9-7-18(3-4-22(9,19)20)14-10-5-13(21-2)11(15)6-12(10)16-8-17-14/h5-6,8-9H,3-4,7H2,1-2H3. The first-order valence-electron chi connectivity index (χ1n) is 6.87. The quantitative estimate of drug-likeness (QED) is 0.831. The van der Waals surface area contributed by atoms with Crippen molar-refractivity contribution in [3.8, 4) is 5.75 Å². The van der Waals surface area contributed by atoms with Gasteiger partial charge in [-0.05, 0) is 13.0 Å². The average molecular weight is 325 g/mol. The Bertz CT molecular complexity index is 825. The van der Waals surface area contributed by atoms with Crippen molar-refractivity contribution in [2.75, 3.05) is 30.9 Å². The lowest BCUT2D eigenvalue weighted by Crippen LogP contribution is -2.46. The molecule has 6 nitrogen and oxygen atoms in total. The van der Waals surface area contributed by atoms with Gasteiger partial charge in [0.2, 0.25) is 0 Å². The molecule has 1 atom stereocenters. The second kappa shape index (κ2) is 5.35. The van der Waals surface area contributed by atoms with E-state index < -0.39 is 20.9 Å². The highest BCUT2D eigenvalue weighted by atomic mass is 32.2. The maximum atomic E-state index is 13.8. The Morgan fingerprint density at radius 2 is 2.14 bits per heavy atom. The summed E-state index contributed by atoms with van der Waals surface area (Å²) in [4.78, 5) is 10.2. The fraction of sp³-hybridized carbons (Fsp3) is 0.429. The third kappa shape index (κ3) is 2.47. The number of ether oxygens (including phenoxy) is 1. The van der Waals surface area contributed by atoms with Crippen LogP contribution in [0.25, 0.3) is 10.9 Å². The minimum Gasteiger partial charge on any atom is -0.494 e. The number of methoxy groups -OCH3 is 1. The molecule has 3 rings (SSSR count). The van der Waals surface area contributed by atoms with Crippen LogP contribution in [0.2, 0.25) is 0 Å². The highest BCUT2D eigenvalue weighted by molar-refractivity contribution is 7.92. The van der Waals surface area contributed by atoms with E-state index in [-0.39, 0.29) is 11.5 Å². The Morgan fingerprint density at radius 3 is 2.82 bits per heavy atom. The number of rotatable bonds is 2. The molecule has 0 radical (unpaired) electrons. The highest BCUT2D eigenvalue weighted by Gasteiger charge is 2.30. The second-order valence-corrected chi connectivity index (χ2v) is 7.86. The summed E-state index contributed by atoms with van der Waals surface area (Å²) in [5.74, 6) is 0.304. The van der Waals surface area contributed by atoms with Gasteiger partial charge in [0.1, 0.15) is 12.1 Å². The van der Waals surface area contributed by atoms with Gasteiger partial charge in [0.25, 0.3) is 0 Å². The predicted molar refractivity (Wildman–Crippen MR) is 81.5 cm³/mol. The van der Waals surface area contributed by atoms with E-state index in [1.54, 1.807) is 13.0 Å². The summed E-state index contributed by atoms with van der Waals surface area (Å²) >= 11 is 0. The number of nitrogens with zero attached hydrogens (tertiary/aromatic N) is 3. The number of hydrogen-bond acceptors (Lipinski definition) is 6. The van der Waals surface area contributed by atoms with Crippen molar-refractivity contribution >= 4 is 26.6 Å². The molecule has 0 aliphatic carbocycles. The maximum absolute atomic E-state index is 13.8. The minimum atomic E-state index is -3.04. The van der Waals surface area contributed by atoms with Crippen LogP contribution in [-0.2, 0) is 9.84 Å². The van der Waals surface area contributed by atoms with E-state index in [1.165, 1.54) is 19.5 Å². The molecule has 1 aliphatic heterocycles. The van der Waals surface area contributed by atoms with E-state index in [4.69, 9.17) is 4.74 Å². The lowest BCUT2D eigenvalue weighted by Gasteiger charge is -2.32. The Hall–Kier alpha value is -1.96. The van der Waals surface area contributed by atoms with E-state index in [0.717, 1.165) is 0 Å². The lowest BCUT2D eigenvalue weighted by molar-refractivity contribution is 0.387. The van der Waals surface area contributed by atoms with Crippen LogP contribution in [0.3, 0.4) is 0 Å². The average Bonchev–Trinajstić information content (AvgIpc) is 2.49. The van der Waals surface area contributed by atoms with E-state index in [1.807, 2.05) is 4.90 Å². The van der Waals surface area contributed by atoms with Crippen molar-refractivity contribution < 1.29 is 17.5 Å². The number of benzene rings is 1. The molecule has 0 N–H and O–H groups in total. The number of fused-ring (bicyclic) bond motifs is 1.